The highest BCUT2D eigenvalue weighted by molar-refractivity contribution is 5.82. The molecule has 1 heterocycles. The molecule has 4 nitrogen and oxygen atoms in total. The molecule has 0 aliphatic carbocycles. The van der Waals surface area contributed by atoms with Crippen molar-refractivity contribution >= 4 is 5.91 Å². The first-order valence-corrected chi connectivity index (χ1v) is 5.54. The molecule has 0 radical (unpaired) electrons. The number of alkyl halides is 2. The van der Waals surface area contributed by atoms with Gasteiger partial charge in [0, 0.05) is 6.54 Å². The molecule has 0 aromatic heterocycles. The second-order valence-electron chi connectivity index (χ2n) is 3.94. The Bertz CT molecular complexity index is 237. The van der Waals surface area contributed by atoms with E-state index in [0.717, 1.165) is 12.8 Å². The van der Waals surface area contributed by atoms with E-state index in [9.17, 15) is 13.6 Å². The van der Waals surface area contributed by atoms with Gasteiger partial charge in [-0.05, 0) is 19.4 Å². The number of nitrogens with one attached hydrogen (secondary N) is 1. The fourth-order valence-electron chi connectivity index (χ4n) is 1.86. The largest absolute Gasteiger partial charge is 0.385 e. The summed E-state index contributed by atoms with van der Waals surface area (Å²) in [5.41, 5.74) is 0. The molecule has 1 aliphatic heterocycles. The lowest BCUT2D eigenvalue weighted by molar-refractivity contribution is -0.139. The van der Waals surface area contributed by atoms with Crippen molar-refractivity contribution in [2.45, 2.75) is 38.3 Å². The molecular formula is C10H18F2N2O2. The molecule has 16 heavy (non-hydrogen) atoms. The summed E-state index contributed by atoms with van der Waals surface area (Å²) >= 11 is 0. The number of halogens is 2. The van der Waals surface area contributed by atoms with Crippen molar-refractivity contribution in [2.75, 3.05) is 19.6 Å². The van der Waals surface area contributed by atoms with E-state index in [-0.39, 0.29) is 18.5 Å². The average Bonchev–Trinajstić information content (AvgIpc) is 2.24. The first kappa shape index (κ1) is 13.3. The number of rotatable bonds is 5. The topological polar surface area (TPSA) is 52.6 Å². The molecule has 94 valence electrons. The van der Waals surface area contributed by atoms with Crippen molar-refractivity contribution in [3.05, 3.63) is 0 Å². The number of nitrogens with zero attached hydrogens (tertiary/aromatic N) is 1. The highest BCUT2D eigenvalue weighted by Crippen LogP contribution is 2.13. The summed E-state index contributed by atoms with van der Waals surface area (Å²) < 4.78 is 24.3. The molecule has 1 rings (SSSR count). The van der Waals surface area contributed by atoms with Gasteiger partial charge in [0.1, 0.15) is 6.10 Å². The van der Waals surface area contributed by atoms with Crippen LogP contribution in [0.2, 0.25) is 0 Å². The van der Waals surface area contributed by atoms with Gasteiger partial charge >= 0.3 is 0 Å². The van der Waals surface area contributed by atoms with E-state index in [1.165, 1.54) is 4.90 Å². The molecule has 0 saturated carbocycles. The van der Waals surface area contributed by atoms with Gasteiger partial charge in [0.05, 0.1) is 12.6 Å². The third kappa shape index (κ3) is 3.38. The number of aliphatic hydroxyl groups excluding tert-OH is 1. The molecule has 1 aliphatic rings. The SMILES string of the molecule is CCNC1CCCN(CC(O)C(F)F)C1=O. The molecule has 0 bridgehead atoms. The van der Waals surface area contributed by atoms with Gasteiger partial charge in [-0.25, -0.2) is 8.78 Å². The molecule has 1 amide bonds. The lowest BCUT2D eigenvalue weighted by atomic mass is 10.0. The van der Waals surface area contributed by atoms with Crippen molar-refractivity contribution in [3.8, 4) is 0 Å². The Morgan fingerprint density at radius 2 is 2.31 bits per heavy atom. The third-order valence-corrected chi connectivity index (χ3v) is 2.68. The maximum Gasteiger partial charge on any atom is 0.265 e. The zero-order valence-electron chi connectivity index (χ0n) is 9.33. The van der Waals surface area contributed by atoms with Crippen LogP contribution in [0.5, 0.6) is 0 Å². The van der Waals surface area contributed by atoms with Crippen molar-refractivity contribution in [1.82, 2.24) is 10.2 Å². The van der Waals surface area contributed by atoms with Crippen LogP contribution in [0.4, 0.5) is 8.78 Å². The first-order chi connectivity index (χ1) is 7.56. The number of piperidine rings is 1. The molecule has 0 spiro atoms. The van der Waals surface area contributed by atoms with Gasteiger partial charge in [-0.1, -0.05) is 6.92 Å². The Morgan fingerprint density at radius 1 is 1.62 bits per heavy atom. The number of hydrogen-bond acceptors (Lipinski definition) is 3. The zero-order valence-corrected chi connectivity index (χ0v) is 9.33. The van der Waals surface area contributed by atoms with E-state index in [4.69, 9.17) is 5.11 Å². The minimum absolute atomic E-state index is 0.187. The van der Waals surface area contributed by atoms with Crippen LogP contribution in [0.15, 0.2) is 0 Å². The summed E-state index contributed by atoms with van der Waals surface area (Å²) in [5.74, 6) is -0.187. The molecule has 2 N–H and O–H groups in total. The number of carbonyl (C=O) groups excluding carboxylic acids is 1. The average molecular weight is 236 g/mol. The molecule has 6 heteroatoms. The lowest BCUT2D eigenvalue weighted by Crippen LogP contribution is -2.53. The fourth-order valence-corrected chi connectivity index (χ4v) is 1.86. The molecule has 1 fully saturated rings. The normalized spacial score (nSPS) is 23.9. The van der Waals surface area contributed by atoms with Crippen LogP contribution >= 0.6 is 0 Å². The van der Waals surface area contributed by atoms with E-state index in [0.29, 0.717) is 13.1 Å². The smallest absolute Gasteiger partial charge is 0.265 e. The highest BCUT2D eigenvalue weighted by Gasteiger charge is 2.30. The minimum Gasteiger partial charge on any atom is -0.385 e. The third-order valence-electron chi connectivity index (χ3n) is 2.68. The number of aliphatic hydroxyl groups is 1. The Balaban J connectivity index is 2.50. The van der Waals surface area contributed by atoms with Gasteiger partial charge in [-0.15, -0.1) is 0 Å². The molecule has 2 unspecified atom stereocenters. The van der Waals surface area contributed by atoms with Crippen LogP contribution in [0, 0.1) is 0 Å². The van der Waals surface area contributed by atoms with Gasteiger partial charge < -0.3 is 15.3 Å². The standard InChI is InChI=1S/C10H18F2N2O2/c1-2-13-7-4-3-5-14(10(7)16)6-8(15)9(11)12/h7-9,13,15H,2-6H2,1H3. The quantitative estimate of drug-likeness (QED) is 0.717. The summed E-state index contributed by atoms with van der Waals surface area (Å²) in [7, 11) is 0. The Morgan fingerprint density at radius 3 is 2.88 bits per heavy atom. The second-order valence-corrected chi connectivity index (χ2v) is 3.94. The number of likely N-dealkylation sites (tertiary alicyclic amines) is 1. The van der Waals surface area contributed by atoms with Gasteiger partial charge in [-0.2, -0.15) is 0 Å². The Kier molecular flexibility index (Phi) is 5.08. The Labute approximate surface area is 93.6 Å². The molecule has 2 atom stereocenters. The number of carbonyl (C=O) groups is 1. The van der Waals surface area contributed by atoms with Crippen LogP contribution in [0.1, 0.15) is 19.8 Å². The summed E-state index contributed by atoms with van der Waals surface area (Å²) in [6.45, 7) is 2.73. The number of amides is 1. The van der Waals surface area contributed by atoms with Crippen LogP contribution in [0.25, 0.3) is 0 Å². The maximum absolute atomic E-state index is 12.2. The summed E-state index contributed by atoms with van der Waals surface area (Å²) in [4.78, 5) is 13.1. The van der Waals surface area contributed by atoms with Gasteiger partial charge in [0.15, 0.2) is 0 Å². The van der Waals surface area contributed by atoms with Gasteiger partial charge in [0.25, 0.3) is 6.43 Å². The Hall–Kier alpha value is -0.750. The van der Waals surface area contributed by atoms with E-state index >= 15 is 0 Å². The van der Waals surface area contributed by atoms with Crippen LogP contribution in [0.3, 0.4) is 0 Å². The monoisotopic (exact) mass is 236 g/mol. The van der Waals surface area contributed by atoms with Gasteiger partial charge in [-0.3, -0.25) is 4.79 Å². The maximum atomic E-state index is 12.2. The molecule has 0 aromatic carbocycles. The van der Waals surface area contributed by atoms with Crippen molar-refractivity contribution in [2.24, 2.45) is 0 Å². The van der Waals surface area contributed by atoms with Crippen molar-refractivity contribution in [3.63, 3.8) is 0 Å². The molecule has 1 saturated heterocycles. The van der Waals surface area contributed by atoms with Gasteiger partial charge in [0.2, 0.25) is 5.91 Å². The van der Waals surface area contributed by atoms with E-state index in [1.807, 2.05) is 6.92 Å². The minimum atomic E-state index is -2.80. The second kappa shape index (κ2) is 6.10. The lowest BCUT2D eigenvalue weighted by Gasteiger charge is -2.33. The molecular weight excluding hydrogens is 218 g/mol. The summed E-state index contributed by atoms with van der Waals surface area (Å²) in [6, 6.07) is -0.288. The number of hydrogen-bond donors (Lipinski definition) is 2. The zero-order chi connectivity index (χ0) is 12.1. The fraction of sp³-hybridized carbons (Fsp3) is 0.900. The first-order valence-electron chi connectivity index (χ1n) is 5.54. The van der Waals surface area contributed by atoms with E-state index < -0.39 is 12.5 Å². The predicted molar refractivity (Wildman–Crippen MR) is 55.3 cm³/mol. The number of likely N-dealkylation sites (N-methyl/N-ethyl adjacent to an activating group) is 1. The van der Waals surface area contributed by atoms with Crippen molar-refractivity contribution < 1.29 is 18.7 Å². The highest BCUT2D eigenvalue weighted by atomic mass is 19.3. The van der Waals surface area contributed by atoms with E-state index in [2.05, 4.69) is 5.32 Å². The van der Waals surface area contributed by atoms with E-state index in [1.54, 1.807) is 0 Å². The summed E-state index contributed by atoms with van der Waals surface area (Å²) in [5, 5.41) is 12.1. The summed E-state index contributed by atoms with van der Waals surface area (Å²) in [6.07, 6.45) is -3.04. The molecule has 0 aromatic rings. The van der Waals surface area contributed by atoms with Crippen LogP contribution in [-0.4, -0.2) is 54.1 Å². The van der Waals surface area contributed by atoms with Crippen molar-refractivity contribution in [1.29, 1.82) is 0 Å². The van der Waals surface area contributed by atoms with Crippen LogP contribution < -0.4 is 5.32 Å². The van der Waals surface area contributed by atoms with Crippen LogP contribution in [-0.2, 0) is 4.79 Å². The predicted octanol–water partition coefficient (Wildman–Crippen LogP) is 0.213. The number of β-amino-alcohol motifs (C(OH)–C–C–N with tert-alkyl or cyclic N) is 1.